The number of benzene rings is 2. The second-order valence-electron chi connectivity index (χ2n) is 7.12. The van der Waals surface area contributed by atoms with Crippen LogP contribution < -0.4 is 10.0 Å². The zero-order valence-corrected chi connectivity index (χ0v) is 17.2. The zero-order chi connectivity index (χ0) is 21.0. The van der Waals surface area contributed by atoms with Crippen molar-refractivity contribution in [1.29, 1.82) is 0 Å². The number of carbonyl (C=O) groups is 2. The minimum atomic E-state index is -3.82. The number of sulfonamides is 1. The summed E-state index contributed by atoms with van der Waals surface area (Å²) in [6.45, 7) is 3.31. The van der Waals surface area contributed by atoms with Crippen molar-refractivity contribution in [3.8, 4) is 0 Å². The topological polar surface area (TPSA) is 102 Å². The third kappa shape index (κ3) is 5.65. The van der Waals surface area contributed by atoms with Gasteiger partial charge in [-0.25, -0.2) is 17.9 Å². The van der Waals surface area contributed by atoms with Gasteiger partial charge in [0.05, 0.1) is 10.5 Å². The molecule has 2 aromatic rings. The molecule has 8 heteroatoms. The minimum absolute atomic E-state index is 0.0407. The maximum Gasteiger partial charge on any atom is 0.339 e. The van der Waals surface area contributed by atoms with Crippen molar-refractivity contribution in [2.45, 2.75) is 50.3 Å². The molecule has 0 spiro atoms. The number of amides is 1. The van der Waals surface area contributed by atoms with Crippen molar-refractivity contribution < 1.29 is 22.7 Å². The fourth-order valence-electron chi connectivity index (χ4n) is 2.67. The van der Waals surface area contributed by atoms with E-state index in [0.717, 1.165) is 18.4 Å². The first-order chi connectivity index (χ1) is 13.8. The van der Waals surface area contributed by atoms with Gasteiger partial charge in [-0.15, -0.1) is 0 Å². The van der Waals surface area contributed by atoms with Crippen LogP contribution in [0.15, 0.2) is 53.4 Å². The average Bonchev–Trinajstić information content (AvgIpc) is 3.51. The number of hydrogen-bond donors (Lipinski definition) is 2. The summed E-state index contributed by atoms with van der Waals surface area (Å²) in [4.78, 5) is 24.5. The highest BCUT2D eigenvalue weighted by atomic mass is 32.2. The number of hydrogen-bond acceptors (Lipinski definition) is 5. The van der Waals surface area contributed by atoms with Crippen molar-refractivity contribution in [2.75, 3.05) is 0 Å². The molecule has 3 rings (SSSR count). The fourth-order valence-corrected chi connectivity index (χ4v) is 3.71. The minimum Gasteiger partial charge on any atom is -0.449 e. The Labute approximate surface area is 170 Å². The van der Waals surface area contributed by atoms with Gasteiger partial charge in [0.2, 0.25) is 10.0 Å². The molecule has 1 atom stereocenters. The molecular formula is C21H24N2O5S. The number of ether oxygens (including phenoxy) is 1. The van der Waals surface area contributed by atoms with Crippen molar-refractivity contribution >= 4 is 21.9 Å². The first kappa shape index (κ1) is 21.0. The number of aryl methyl sites for hydroxylation is 1. The van der Waals surface area contributed by atoms with Gasteiger partial charge in [-0.3, -0.25) is 4.79 Å². The van der Waals surface area contributed by atoms with Crippen molar-refractivity contribution in [3.05, 3.63) is 65.2 Å². The molecule has 0 saturated heterocycles. The zero-order valence-electron chi connectivity index (χ0n) is 16.3. The van der Waals surface area contributed by atoms with Crippen LogP contribution in [-0.2, 0) is 26.1 Å². The van der Waals surface area contributed by atoms with Crippen molar-refractivity contribution in [2.24, 2.45) is 0 Å². The molecule has 154 valence electrons. The Morgan fingerprint density at radius 3 is 2.48 bits per heavy atom. The molecule has 1 aliphatic carbocycles. The van der Waals surface area contributed by atoms with Crippen LogP contribution in [0.3, 0.4) is 0 Å². The molecule has 2 aromatic carbocycles. The number of rotatable bonds is 8. The molecule has 1 amide bonds. The summed E-state index contributed by atoms with van der Waals surface area (Å²) in [5, 5.41) is 2.77. The Bertz CT molecular complexity index is 1000. The van der Waals surface area contributed by atoms with Crippen LogP contribution in [0, 0.1) is 6.92 Å². The molecule has 0 aromatic heterocycles. The molecule has 7 nitrogen and oxygen atoms in total. The van der Waals surface area contributed by atoms with Crippen LogP contribution in [0.1, 0.15) is 41.3 Å². The van der Waals surface area contributed by atoms with E-state index in [0.29, 0.717) is 5.56 Å². The lowest BCUT2D eigenvalue weighted by Gasteiger charge is -2.15. The molecule has 1 fully saturated rings. The van der Waals surface area contributed by atoms with Gasteiger partial charge in [0.1, 0.15) is 0 Å². The normalized spacial score (nSPS) is 14.8. The molecule has 1 aliphatic rings. The maximum absolute atomic E-state index is 12.6. The monoisotopic (exact) mass is 416 g/mol. The van der Waals surface area contributed by atoms with Gasteiger partial charge in [0, 0.05) is 12.6 Å². The summed E-state index contributed by atoms with van der Waals surface area (Å²) >= 11 is 0. The van der Waals surface area contributed by atoms with Gasteiger partial charge in [-0.1, -0.05) is 36.4 Å². The number of carbonyl (C=O) groups excluding carboxylic acids is 2. The Balaban J connectivity index is 1.70. The third-order valence-corrected chi connectivity index (χ3v) is 6.02. The van der Waals surface area contributed by atoms with E-state index in [-0.39, 0.29) is 29.0 Å². The van der Waals surface area contributed by atoms with Gasteiger partial charge in [0.15, 0.2) is 6.10 Å². The van der Waals surface area contributed by atoms with E-state index >= 15 is 0 Å². The first-order valence-electron chi connectivity index (χ1n) is 9.42. The lowest BCUT2D eigenvalue weighted by molar-refractivity contribution is -0.129. The lowest BCUT2D eigenvalue weighted by Crippen LogP contribution is -2.37. The van der Waals surface area contributed by atoms with Gasteiger partial charge in [-0.2, -0.15) is 0 Å². The molecule has 0 aliphatic heterocycles. The van der Waals surface area contributed by atoms with Gasteiger partial charge in [0.25, 0.3) is 5.91 Å². The summed E-state index contributed by atoms with van der Waals surface area (Å²) in [6, 6.07) is 13.5. The van der Waals surface area contributed by atoms with E-state index < -0.39 is 22.1 Å². The van der Waals surface area contributed by atoms with Gasteiger partial charge in [-0.05, 0) is 49.9 Å². The molecule has 0 radical (unpaired) electrons. The highest BCUT2D eigenvalue weighted by Gasteiger charge is 2.28. The second kappa shape index (κ2) is 8.75. The van der Waals surface area contributed by atoms with Crippen LogP contribution in [-0.4, -0.2) is 32.4 Å². The Hall–Kier alpha value is -2.71. The quantitative estimate of drug-likeness (QED) is 0.643. The largest absolute Gasteiger partial charge is 0.449 e. The Morgan fingerprint density at radius 2 is 1.83 bits per heavy atom. The maximum atomic E-state index is 12.6. The highest BCUT2D eigenvalue weighted by molar-refractivity contribution is 7.89. The second-order valence-corrected chi connectivity index (χ2v) is 8.88. The summed E-state index contributed by atoms with van der Waals surface area (Å²) < 4.78 is 33.0. The van der Waals surface area contributed by atoms with E-state index in [2.05, 4.69) is 10.0 Å². The van der Waals surface area contributed by atoms with Crippen molar-refractivity contribution in [3.63, 3.8) is 0 Å². The molecular weight excluding hydrogens is 392 g/mol. The SMILES string of the molecule is Cc1ccc(S(=O)(=O)NCc2ccccc2)cc1C(=O)O[C@@H](C)C(=O)NC1CC1. The predicted molar refractivity (Wildman–Crippen MR) is 108 cm³/mol. The van der Waals surface area contributed by atoms with E-state index in [4.69, 9.17) is 4.74 Å². The summed E-state index contributed by atoms with van der Waals surface area (Å²) in [5.41, 5.74) is 1.49. The summed E-state index contributed by atoms with van der Waals surface area (Å²) in [7, 11) is -3.82. The highest BCUT2D eigenvalue weighted by Crippen LogP contribution is 2.20. The van der Waals surface area contributed by atoms with Gasteiger partial charge >= 0.3 is 5.97 Å². The van der Waals surface area contributed by atoms with Crippen LogP contribution in [0.2, 0.25) is 0 Å². The standard InChI is InChI=1S/C21H24N2O5S/c1-14-8-11-18(29(26,27)22-13-16-6-4-3-5-7-16)12-19(14)21(25)28-15(2)20(24)23-17-9-10-17/h3-8,11-12,15,17,22H,9-10,13H2,1-2H3,(H,23,24)/t15-/m0/s1. The first-order valence-corrected chi connectivity index (χ1v) is 10.9. The molecule has 0 unspecified atom stereocenters. The van der Waals surface area contributed by atoms with E-state index in [1.165, 1.54) is 19.1 Å². The smallest absolute Gasteiger partial charge is 0.339 e. The lowest BCUT2D eigenvalue weighted by atomic mass is 10.1. The molecule has 0 heterocycles. The fraction of sp³-hybridized carbons (Fsp3) is 0.333. The van der Waals surface area contributed by atoms with Crippen LogP contribution >= 0.6 is 0 Å². The van der Waals surface area contributed by atoms with E-state index in [9.17, 15) is 18.0 Å². The summed E-state index contributed by atoms with van der Waals surface area (Å²) in [6.07, 6.45) is 0.905. The van der Waals surface area contributed by atoms with E-state index in [1.54, 1.807) is 13.0 Å². The average molecular weight is 416 g/mol. The molecule has 0 bridgehead atoms. The van der Waals surface area contributed by atoms with Gasteiger partial charge < -0.3 is 10.1 Å². The van der Waals surface area contributed by atoms with Crippen LogP contribution in [0.5, 0.6) is 0 Å². The predicted octanol–water partition coefficient (Wildman–Crippen LogP) is 2.30. The molecule has 29 heavy (non-hydrogen) atoms. The Kier molecular flexibility index (Phi) is 6.34. The third-order valence-electron chi connectivity index (χ3n) is 4.63. The number of esters is 1. The molecule has 1 saturated carbocycles. The van der Waals surface area contributed by atoms with Crippen molar-refractivity contribution in [1.82, 2.24) is 10.0 Å². The van der Waals surface area contributed by atoms with Crippen LogP contribution in [0.4, 0.5) is 0 Å². The molecule has 2 N–H and O–H groups in total. The number of nitrogens with one attached hydrogen (secondary N) is 2. The van der Waals surface area contributed by atoms with E-state index in [1.807, 2.05) is 30.3 Å². The Morgan fingerprint density at radius 1 is 1.14 bits per heavy atom. The summed E-state index contributed by atoms with van der Waals surface area (Å²) in [5.74, 6) is -1.09. The van der Waals surface area contributed by atoms with Crippen LogP contribution in [0.25, 0.3) is 0 Å².